The molecule has 5 nitrogen and oxygen atoms in total. The highest BCUT2D eigenvalue weighted by atomic mass is 16.3. The molecule has 11 aromatic rings. The van der Waals surface area contributed by atoms with Gasteiger partial charge < -0.3 is 8.98 Å². The van der Waals surface area contributed by atoms with E-state index in [4.69, 9.17) is 21.0 Å². The normalized spacial score (nSPS) is 11.4. The zero-order valence-electron chi connectivity index (χ0n) is 31.2. The monoisotopic (exact) mass is 740 g/mol. The van der Waals surface area contributed by atoms with Gasteiger partial charge in [-0.15, -0.1) is 0 Å². The van der Waals surface area contributed by atoms with Crippen molar-refractivity contribution in [3.05, 3.63) is 206 Å². The van der Waals surface area contributed by atoms with Crippen LogP contribution in [0.25, 0.3) is 110 Å². The fourth-order valence-corrected chi connectivity index (χ4v) is 8.25. The summed E-state index contributed by atoms with van der Waals surface area (Å²) in [4.78, 5) is 14.0. The molecule has 5 heteroatoms. The second kappa shape index (κ2) is 13.6. The topological polar surface area (TPSA) is 48.2 Å². The van der Waals surface area contributed by atoms with Crippen molar-refractivity contribution in [1.82, 2.24) is 14.5 Å². The van der Waals surface area contributed by atoms with Gasteiger partial charge in [-0.3, -0.25) is 0 Å². The average molecular weight is 741 g/mol. The molecule has 0 amide bonds. The Balaban J connectivity index is 1.07. The van der Waals surface area contributed by atoms with Crippen LogP contribution in [0.3, 0.4) is 0 Å². The average Bonchev–Trinajstić information content (AvgIpc) is 3.83. The van der Waals surface area contributed by atoms with Gasteiger partial charge in [-0.25, -0.2) is 14.8 Å². The first-order valence-electron chi connectivity index (χ1n) is 19.3. The molecule has 11 rings (SSSR count). The van der Waals surface area contributed by atoms with Gasteiger partial charge in [0, 0.05) is 38.9 Å². The first kappa shape index (κ1) is 33.3. The summed E-state index contributed by atoms with van der Waals surface area (Å²) < 4.78 is 9.04. The Labute approximate surface area is 334 Å². The highest BCUT2D eigenvalue weighted by molar-refractivity contribution is 6.12. The summed E-state index contributed by atoms with van der Waals surface area (Å²) in [5.74, 6) is 0.564. The van der Waals surface area contributed by atoms with E-state index in [-0.39, 0.29) is 0 Å². The summed E-state index contributed by atoms with van der Waals surface area (Å²) in [6, 6.07) is 67.0. The third-order valence-electron chi connectivity index (χ3n) is 11.0. The number of furan rings is 1. The number of hydrogen-bond donors (Lipinski definition) is 0. The summed E-state index contributed by atoms with van der Waals surface area (Å²) in [7, 11) is 0. The molecule has 270 valence electrons. The molecule has 0 fully saturated rings. The van der Waals surface area contributed by atoms with Crippen LogP contribution in [0.4, 0.5) is 5.69 Å². The van der Waals surface area contributed by atoms with Gasteiger partial charge in [0.1, 0.15) is 11.2 Å². The largest absolute Gasteiger partial charge is 0.456 e. The zero-order valence-corrected chi connectivity index (χ0v) is 31.2. The van der Waals surface area contributed by atoms with Crippen LogP contribution in [-0.2, 0) is 0 Å². The van der Waals surface area contributed by atoms with Gasteiger partial charge in [0.25, 0.3) is 0 Å². The van der Waals surface area contributed by atoms with Crippen LogP contribution in [0.1, 0.15) is 0 Å². The van der Waals surface area contributed by atoms with Crippen LogP contribution in [0, 0.1) is 6.57 Å². The van der Waals surface area contributed by atoms with Gasteiger partial charge in [-0.05, 0) is 81.9 Å². The Bertz CT molecular complexity index is 3280. The molecule has 0 radical (unpaired) electrons. The predicted molar refractivity (Wildman–Crippen MR) is 237 cm³/mol. The van der Waals surface area contributed by atoms with Crippen molar-refractivity contribution in [2.24, 2.45) is 0 Å². The Morgan fingerprint density at radius 3 is 1.41 bits per heavy atom. The smallest absolute Gasteiger partial charge is 0.238 e. The van der Waals surface area contributed by atoms with Crippen LogP contribution in [0.5, 0.6) is 0 Å². The SMILES string of the molecule is [C-]#[N+]c1c(-c2ccccc2)nc(-c2ccccc2)nc1-c1ccc2c(c1)oc1cc(-n3c4ccc(-c5ccccc5)cc4c4cc(-c5ccccc5)ccc43)ccc12. The Hall–Kier alpha value is -8.07. The van der Waals surface area contributed by atoms with Gasteiger partial charge in [-0.1, -0.05) is 140 Å². The van der Waals surface area contributed by atoms with Crippen LogP contribution >= 0.6 is 0 Å². The van der Waals surface area contributed by atoms with Crippen molar-refractivity contribution < 1.29 is 4.42 Å². The van der Waals surface area contributed by atoms with Crippen molar-refractivity contribution in [2.45, 2.75) is 0 Å². The fourth-order valence-electron chi connectivity index (χ4n) is 8.25. The van der Waals surface area contributed by atoms with Crippen molar-refractivity contribution in [3.63, 3.8) is 0 Å². The molecule has 0 saturated heterocycles. The summed E-state index contributed by atoms with van der Waals surface area (Å²) in [5, 5.41) is 4.40. The molecule has 0 saturated carbocycles. The number of fused-ring (bicyclic) bond motifs is 6. The highest BCUT2D eigenvalue weighted by Gasteiger charge is 2.21. The number of rotatable bonds is 6. The van der Waals surface area contributed by atoms with E-state index in [1.807, 2.05) is 72.8 Å². The molecule has 0 N–H and O–H groups in total. The molecule has 0 unspecified atom stereocenters. The maximum Gasteiger partial charge on any atom is 0.238 e. The number of benzene rings is 8. The number of nitrogens with zero attached hydrogens (tertiary/aromatic N) is 4. The van der Waals surface area contributed by atoms with E-state index in [1.165, 1.54) is 33.0 Å². The standard InChI is InChI=1S/C53H32N4O/c1-54-52-50(36-18-10-4-11-19-36)55-53(37-20-12-5-13-21-37)56-51(52)40-22-26-42-43-27-25-41(33-49(43)58-48(42)32-40)57-46-28-23-38(34-14-6-2-7-15-34)30-44(46)45-31-39(24-29-47(45)57)35-16-8-3-9-17-35/h2-33H. The molecular formula is C53H32N4O. The summed E-state index contributed by atoms with van der Waals surface area (Å²) in [5.41, 5.74) is 13.6. The Morgan fingerprint density at radius 1 is 0.397 bits per heavy atom. The van der Waals surface area contributed by atoms with Crippen LogP contribution in [-0.4, -0.2) is 14.5 Å². The molecule has 0 spiro atoms. The lowest BCUT2D eigenvalue weighted by Gasteiger charge is -2.12. The number of aromatic nitrogens is 3. The molecule has 0 aliphatic heterocycles. The lowest BCUT2D eigenvalue weighted by atomic mass is 10.0. The van der Waals surface area contributed by atoms with E-state index in [1.54, 1.807) is 0 Å². The lowest BCUT2D eigenvalue weighted by Crippen LogP contribution is -1.97. The lowest BCUT2D eigenvalue weighted by molar-refractivity contribution is 0.669. The minimum Gasteiger partial charge on any atom is -0.456 e. The van der Waals surface area contributed by atoms with Crippen LogP contribution in [0.2, 0.25) is 0 Å². The molecule has 8 aromatic carbocycles. The van der Waals surface area contributed by atoms with Crippen LogP contribution in [0.15, 0.2) is 199 Å². The predicted octanol–water partition coefficient (Wildman–Crippen LogP) is 14.4. The van der Waals surface area contributed by atoms with E-state index >= 15 is 0 Å². The molecule has 58 heavy (non-hydrogen) atoms. The van der Waals surface area contributed by atoms with Crippen molar-refractivity contribution in [3.8, 4) is 61.8 Å². The molecule has 0 aliphatic rings. The zero-order chi connectivity index (χ0) is 38.6. The molecule has 3 heterocycles. The van der Waals surface area contributed by atoms with E-state index in [0.717, 1.165) is 55.3 Å². The molecule has 0 aliphatic carbocycles. The Morgan fingerprint density at radius 2 is 0.862 bits per heavy atom. The van der Waals surface area contributed by atoms with E-state index in [9.17, 15) is 0 Å². The maximum atomic E-state index is 8.29. The van der Waals surface area contributed by atoms with E-state index < -0.39 is 0 Å². The van der Waals surface area contributed by atoms with E-state index in [0.29, 0.717) is 22.9 Å². The second-order valence-corrected chi connectivity index (χ2v) is 14.5. The highest BCUT2D eigenvalue weighted by Crippen LogP contribution is 2.42. The first-order valence-corrected chi connectivity index (χ1v) is 19.3. The maximum absolute atomic E-state index is 8.29. The second-order valence-electron chi connectivity index (χ2n) is 14.5. The minimum atomic E-state index is 0.404. The summed E-state index contributed by atoms with van der Waals surface area (Å²) in [6.07, 6.45) is 0. The van der Waals surface area contributed by atoms with Crippen LogP contribution < -0.4 is 0 Å². The molecule has 0 atom stereocenters. The molecular weight excluding hydrogens is 709 g/mol. The van der Waals surface area contributed by atoms with Gasteiger partial charge >= 0.3 is 0 Å². The molecule has 0 bridgehead atoms. The van der Waals surface area contributed by atoms with E-state index in [2.05, 4.69) is 131 Å². The summed E-state index contributed by atoms with van der Waals surface area (Å²) >= 11 is 0. The van der Waals surface area contributed by atoms with Crippen molar-refractivity contribution >= 4 is 49.4 Å². The van der Waals surface area contributed by atoms with Gasteiger partial charge in [0.05, 0.1) is 29.0 Å². The third kappa shape index (κ3) is 5.55. The number of hydrogen-bond acceptors (Lipinski definition) is 3. The van der Waals surface area contributed by atoms with Crippen molar-refractivity contribution in [2.75, 3.05) is 0 Å². The summed E-state index contributed by atoms with van der Waals surface area (Å²) in [6.45, 7) is 8.29. The molecule has 3 aromatic heterocycles. The third-order valence-corrected chi connectivity index (χ3v) is 11.0. The fraction of sp³-hybridized carbons (Fsp3) is 0. The minimum absolute atomic E-state index is 0.404. The van der Waals surface area contributed by atoms with Gasteiger partial charge in [0.15, 0.2) is 5.82 Å². The quantitative estimate of drug-likeness (QED) is 0.160. The Kier molecular flexibility index (Phi) is 7.80. The van der Waals surface area contributed by atoms with Gasteiger partial charge in [-0.2, -0.15) is 0 Å². The first-order chi connectivity index (χ1) is 28.7. The van der Waals surface area contributed by atoms with Gasteiger partial charge in [0.2, 0.25) is 5.69 Å². The van der Waals surface area contributed by atoms with Crippen molar-refractivity contribution in [1.29, 1.82) is 0 Å².